The van der Waals surface area contributed by atoms with Crippen molar-refractivity contribution < 1.29 is 36.6 Å². The summed E-state index contributed by atoms with van der Waals surface area (Å²) in [6.45, 7) is 0. The molecule has 0 saturated heterocycles. The zero-order valence-electron chi connectivity index (χ0n) is 13.2. The van der Waals surface area contributed by atoms with Gasteiger partial charge in [0.15, 0.2) is 0 Å². The van der Waals surface area contributed by atoms with Crippen molar-refractivity contribution in [3.63, 3.8) is 0 Å². The molecular weight excluding hydrogens is 596 g/mol. The Morgan fingerprint density at radius 3 is 2.12 bits per heavy atom. The summed E-state index contributed by atoms with van der Waals surface area (Å²) in [5.74, 6) is -0.447. The van der Waals surface area contributed by atoms with Gasteiger partial charge in [-0.3, -0.25) is 0 Å². The van der Waals surface area contributed by atoms with Gasteiger partial charge in [0.25, 0.3) is 0 Å². The van der Waals surface area contributed by atoms with Gasteiger partial charge in [-0.05, 0) is 54.2 Å². The van der Waals surface area contributed by atoms with Crippen molar-refractivity contribution >= 4 is 45.2 Å². The molecule has 12 heteroatoms. The van der Waals surface area contributed by atoms with E-state index in [4.69, 9.17) is 0 Å². The summed E-state index contributed by atoms with van der Waals surface area (Å²) in [7, 11) is 0. The Kier molecular flexibility index (Phi) is 6.82. The zero-order chi connectivity index (χ0) is 19.9. The van der Waals surface area contributed by atoms with Gasteiger partial charge >= 0.3 is 12.5 Å². The largest absolute Gasteiger partial charge is 0.504 e. The van der Waals surface area contributed by atoms with Crippen LogP contribution in [0.2, 0.25) is 0 Å². The van der Waals surface area contributed by atoms with Crippen molar-refractivity contribution in [2.45, 2.75) is 60.2 Å². The Labute approximate surface area is 172 Å². The first kappa shape index (κ1) is 22.5. The first-order valence-electron chi connectivity index (χ1n) is 7.70. The third-order valence-corrected chi connectivity index (χ3v) is 6.58. The van der Waals surface area contributed by atoms with Gasteiger partial charge in [-0.2, -0.15) is 23.0 Å². The maximum absolute atomic E-state index is 13.6. The maximum Gasteiger partial charge on any atom is 0.504 e. The van der Waals surface area contributed by atoms with E-state index < -0.39 is 50.5 Å². The fourth-order valence-corrected chi connectivity index (χ4v) is 4.58. The highest BCUT2D eigenvalue weighted by Gasteiger charge is 2.59. The van der Waals surface area contributed by atoms with E-state index in [0.29, 0.717) is 23.0 Å². The van der Waals surface area contributed by atoms with E-state index in [0.717, 1.165) is 12.8 Å². The molecule has 1 aliphatic rings. The molecule has 4 nitrogen and oxygen atoms in total. The fourth-order valence-electron chi connectivity index (χ4n) is 3.04. The molecule has 0 bridgehead atoms. The van der Waals surface area contributed by atoms with E-state index in [9.17, 15) is 36.6 Å². The van der Waals surface area contributed by atoms with Crippen LogP contribution in [0.5, 0.6) is 0 Å². The molecule has 2 atom stereocenters. The lowest BCUT2D eigenvalue weighted by atomic mass is 9.80. The average Bonchev–Trinajstić information content (AvgIpc) is 2.89. The van der Waals surface area contributed by atoms with Gasteiger partial charge in [0, 0.05) is 16.5 Å². The Morgan fingerprint density at radius 2 is 1.69 bits per heavy atom. The summed E-state index contributed by atoms with van der Waals surface area (Å²) in [4.78, 5) is 0. The van der Waals surface area contributed by atoms with Crippen molar-refractivity contribution in [3.8, 4) is 0 Å². The van der Waals surface area contributed by atoms with Crippen molar-refractivity contribution in [1.82, 2.24) is 9.78 Å². The molecule has 1 aromatic rings. The van der Waals surface area contributed by atoms with E-state index in [1.807, 2.05) is 0 Å². The lowest BCUT2D eigenvalue weighted by Crippen LogP contribution is -2.47. The van der Waals surface area contributed by atoms with Gasteiger partial charge in [-0.25, -0.2) is 0 Å². The summed E-state index contributed by atoms with van der Waals surface area (Å²) in [6, 6.07) is 0. The second kappa shape index (κ2) is 7.89. The molecule has 1 aromatic heterocycles. The van der Waals surface area contributed by atoms with Crippen molar-refractivity contribution in [1.29, 1.82) is 0 Å². The SMILES string of the molecule is OC(CC(O)(c1nn(C(F)(F)F)cc1I)C(F)(F)F)C1CCC(I)CC1. The molecule has 1 aliphatic carbocycles. The number of rotatable bonds is 4. The second-order valence-electron chi connectivity index (χ2n) is 6.38. The topological polar surface area (TPSA) is 58.3 Å². The molecule has 2 N–H and O–H groups in total. The first-order chi connectivity index (χ1) is 11.8. The Balaban J connectivity index is 2.33. The number of alkyl halides is 7. The monoisotopic (exact) mass is 612 g/mol. The van der Waals surface area contributed by atoms with Crippen molar-refractivity contribution in [3.05, 3.63) is 15.5 Å². The number of hydrogen-bond donors (Lipinski definition) is 2. The molecule has 1 fully saturated rings. The van der Waals surface area contributed by atoms with Gasteiger partial charge in [0.05, 0.1) is 9.67 Å². The highest BCUT2D eigenvalue weighted by atomic mass is 127. The quantitative estimate of drug-likeness (QED) is 0.300. The molecule has 0 radical (unpaired) electrons. The van der Waals surface area contributed by atoms with Gasteiger partial charge in [-0.1, -0.05) is 22.6 Å². The minimum absolute atomic E-state index is 0.375. The van der Waals surface area contributed by atoms with Gasteiger partial charge in [-0.15, -0.1) is 13.2 Å². The summed E-state index contributed by atoms with van der Waals surface area (Å²) in [6.07, 6.45) is -10.1. The summed E-state index contributed by atoms with van der Waals surface area (Å²) in [5, 5.41) is 23.5. The Morgan fingerprint density at radius 1 is 1.15 bits per heavy atom. The van der Waals surface area contributed by atoms with Crippen LogP contribution in [-0.2, 0) is 11.9 Å². The number of aromatic nitrogens is 2. The number of nitrogens with zero attached hydrogens (tertiary/aromatic N) is 2. The molecular formula is C14H16F6I2N2O2. The maximum atomic E-state index is 13.6. The van der Waals surface area contributed by atoms with Crippen LogP contribution in [0.4, 0.5) is 26.3 Å². The van der Waals surface area contributed by atoms with Crippen molar-refractivity contribution in [2.24, 2.45) is 5.92 Å². The van der Waals surface area contributed by atoms with Crippen LogP contribution in [0.25, 0.3) is 0 Å². The van der Waals surface area contributed by atoms with E-state index in [-0.39, 0.29) is 0 Å². The third kappa shape index (κ3) is 4.77. The Hall–Kier alpha value is 0.170. The molecule has 2 rings (SSSR count). The van der Waals surface area contributed by atoms with Crippen LogP contribution >= 0.6 is 45.2 Å². The van der Waals surface area contributed by atoms with Gasteiger partial charge < -0.3 is 10.2 Å². The smallest absolute Gasteiger partial charge is 0.393 e. The minimum Gasteiger partial charge on any atom is -0.393 e. The van der Waals surface area contributed by atoms with Gasteiger partial charge in [0.2, 0.25) is 5.60 Å². The summed E-state index contributed by atoms with van der Waals surface area (Å²) in [5.41, 5.74) is -4.81. The van der Waals surface area contributed by atoms with Crippen LogP contribution in [0.3, 0.4) is 0 Å². The molecule has 0 aromatic carbocycles. The minimum atomic E-state index is -5.29. The Bertz CT molecular complexity index is 628. The number of aliphatic hydroxyl groups excluding tert-OH is 1. The van der Waals surface area contributed by atoms with Crippen LogP contribution in [-0.4, -0.2) is 36.2 Å². The highest BCUT2D eigenvalue weighted by molar-refractivity contribution is 14.1. The molecule has 0 amide bonds. The van der Waals surface area contributed by atoms with Crippen LogP contribution in [0.1, 0.15) is 37.8 Å². The molecule has 0 spiro atoms. The van der Waals surface area contributed by atoms with E-state index >= 15 is 0 Å². The third-order valence-electron chi connectivity index (χ3n) is 4.54. The zero-order valence-corrected chi connectivity index (χ0v) is 17.5. The lowest BCUT2D eigenvalue weighted by Gasteiger charge is -2.35. The number of hydrogen-bond acceptors (Lipinski definition) is 3. The van der Waals surface area contributed by atoms with E-state index in [1.165, 1.54) is 22.6 Å². The average molecular weight is 612 g/mol. The number of aliphatic hydroxyl groups is 2. The van der Waals surface area contributed by atoms with Crippen LogP contribution in [0, 0.1) is 9.49 Å². The molecule has 26 heavy (non-hydrogen) atoms. The predicted molar refractivity (Wildman–Crippen MR) is 96.6 cm³/mol. The second-order valence-corrected chi connectivity index (χ2v) is 9.30. The summed E-state index contributed by atoms with van der Waals surface area (Å²) < 4.78 is 78.2. The highest BCUT2D eigenvalue weighted by Crippen LogP contribution is 2.45. The van der Waals surface area contributed by atoms with Crippen LogP contribution in [0.15, 0.2) is 6.20 Å². The standard InChI is InChI=1S/C14H16F6I2N2O2/c15-13(16,17)12(26,5-10(25)7-1-3-8(21)4-2-7)11-9(22)6-24(23-11)14(18,19)20/h6-8,10,25-26H,1-5H2. The fraction of sp³-hybridized carbons (Fsp3) is 0.786. The molecule has 0 aliphatic heterocycles. The molecule has 2 unspecified atom stereocenters. The normalized spacial score (nSPS) is 25.8. The summed E-state index contributed by atoms with van der Waals surface area (Å²) >= 11 is 3.49. The predicted octanol–water partition coefficient (Wildman–Crippen LogP) is 4.46. The van der Waals surface area contributed by atoms with Crippen molar-refractivity contribution in [2.75, 3.05) is 0 Å². The molecule has 1 heterocycles. The molecule has 1 saturated carbocycles. The number of halogens is 8. The molecule has 150 valence electrons. The first-order valence-corrected chi connectivity index (χ1v) is 10.0. The lowest BCUT2D eigenvalue weighted by molar-refractivity contribution is -0.279. The van der Waals surface area contributed by atoms with Crippen LogP contribution < -0.4 is 0 Å². The van der Waals surface area contributed by atoms with E-state index in [2.05, 4.69) is 27.7 Å². The van der Waals surface area contributed by atoms with Gasteiger partial charge in [0.1, 0.15) is 5.69 Å². The van der Waals surface area contributed by atoms with E-state index in [1.54, 1.807) is 0 Å².